The minimum absolute atomic E-state index is 0.0118. The van der Waals surface area contributed by atoms with Crippen LogP contribution < -0.4 is 5.43 Å². The molecule has 5 nitrogen and oxygen atoms in total. The van der Waals surface area contributed by atoms with Gasteiger partial charge in [0.05, 0.1) is 5.69 Å². The smallest absolute Gasteiger partial charge is 0.196 e. The van der Waals surface area contributed by atoms with Gasteiger partial charge in [-0.1, -0.05) is 36.4 Å². The first kappa shape index (κ1) is 15.5. The molecule has 1 N–H and O–H groups in total. The molecule has 0 atom stereocenters. The van der Waals surface area contributed by atoms with E-state index >= 15 is 0 Å². The zero-order valence-corrected chi connectivity index (χ0v) is 13.6. The number of hydrogen-bond donors (Lipinski definition) is 1. The first-order valence-corrected chi connectivity index (χ1v) is 7.91. The summed E-state index contributed by atoms with van der Waals surface area (Å²) in [6.45, 7) is 5.11. The molecule has 1 fully saturated rings. The zero-order valence-electron chi connectivity index (χ0n) is 13.6. The van der Waals surface area contributed by atoms with Crippen molar-refractivity contribution in [1.82, 2.24) is 9.80 Å². The Balaban J connectivity index is 1.84. The average Bonchev–Trinajstić information content (AvgIpc) is 2.56. The lowest BCUT2D eigenvalue weighted by molar-refractivity contribution is -0.111. The van der Waals surface area contributed by atoms with Crippen molar-refractivity contribution in [3.63, 3.8) is 0 Å². The maximum atomic E-state index is 12.0. The van der Waals surface area contributed by atoms with Crippen molar-refractivity contribution in [3.05, 3.63) is 42.5 Å². The minimum Gasteiger partial charge on any atom is -0.350 e. The van der Waals surface area contributed by atoms with Gasteiger partial charge in [-0.2, -0.15) is 5.10 Å². The van der Waals surface area contributed by atoms with Crippen molar-refractivity contribution in [1.29, 1.82) is 0 Å². The second-order valence-electron chi connectivity index (χ2n) is 5.92. The first-order valence-electron chi connectivity index (χ1n) is 7.91. The number of hydrazone groups is 1. The number of piperazine rings is 1. The van der Waals surface area contributed by atoms with Crippen LogP contribution in [0.3, 0.4) is 0 Å². The summed E-state index contributed by atoms with van der Waals surface area (Å²) in [5.41, 5.74) is 4.00. The Morgan fingerprint density at radius 2 is 1.74 bits per heavy atom. The summed E-state index contributed by atoms with van der Waals surface area (Å²) in [5, 5.41) is 6.66. The van der Waals surface area contributed by atoms with E-state index in [-0.39, 0.29) is 5.78 Å². The van der Waals surface area contributed by atoms with Gasteiger partial charge in [-0.15, -0.1) is 0 Å². The number of benzene rings is 2. The summed E-state index contributed by atoms with van der Waals surface area (Å²) in [4.78, 5) is 16.3. The molecule has 3 rings (SSSR count). The standard InChI is InChI=1S/C18H22N4O/c1-14(23)18(22-12-10-21(2)11-13-22)20-19-17-9-5-7-15-6-3-4-8-16(15)17/h3-9,19H,10-13H2,1-2H3. The highest BCUT2D eigenvalue weighted by Crippen LogP contribution is 2.23. The minimum atomic E-state index is -0.0118. The summed E-state index contributed by atoms with van der Waals surface area (Å²) in [7, 11) is 2.09. The molecule has 1 aliphatic rings. The highest BCUT2D eigenvalue weighted by Gasteiger charge is 2.20. The first-order chi connectivity index (χ1) is 11.1. The zero-order chi connectivity index (χ0) is 16.2. The molecule has 0 radical (unpaired) electrons. The van der Waals surface area contributed by atoms with Crippen LogP contribution in [0.1, 0.15) is 6.92 Å². The Labute approximate surface area is 136 Å². The molecular formula is C18H22N4O. The van der Waals surface area contributed by atoms with E-state index in [0.717, 1.165) is 42.6 Å². The summed E-state index contributed by atoms with van der Waals surface area (Å²) in [6.07, 6.45) is 0. The lowest BCUT2D eigenvalue weighted by Gasteiger charge is -2.33. The number of amidine groups is 1. The molecule has 0 aliphatic carbocycles. The lowest BCUT2D eigenvalue weighted by Crippen LogP contribution is -2.49. The Hall–Kier alpha value is -2.40. The SMILES string of the molecule is CC(=O)C(=NNc1cccc2ccccc12)N1CCN(C)CC1. The van der Waals surface area contributed by atoms with Crippen LogP contribution in [0.25, 0.3) is 10.8 Å². The van der Waals surface area contributed by atoms with Gasteiger partial charge < -0.3 is 9.80 Å². The number of nitrogens with one attached hydrogen (secondary N) is 1. The Morgan fingerprint density at radius 1 is 1.04 bits per heavy atom. The summed E-state index contributed by atoms with van der Waals surface area (Å²) in [6, 6.07) is 14.2. The molecule has 0 bridgehead atoms. The number of likely N-dealkylation sites (N-methyl/N-ethyl adjacent to an activating group) is 1. The normalized spacial score (nSPS) is 16.6. The number of carbonyl (C=O) groups excluding carboxylic acids is 1. The van der Waals surface area contributed by atoms with Crippen molar-refractivity contribution in [2.24, 2.45) is 5.10 Å². The maximum absolute atomic E-state index is 12.0. The molecule has 0 aromatic heterocycles. The van der Waals surface area contributed by atoms with E-state index in [1.807, 2.05) is 24.3 Å². The van der Waals surface area contributed by atoms with Gasteiger partial charge in [0, 0.05) is 38.5 Å². The van der Waals surface area contributed by atoms with E-state index < -0.39 is 0 Å². The van der Waals surface area contributed by atoms with Crippen LogP contribution in [0, 0.1) is 0 Å². The molecule has 5 heteroatoms. The van der Waals surface area contributed by atoms with Crippen LogP contribution in [0.15, 0.2) is 47.6 Å². The van der Waals surface area contributed by atoms with Gasteiger partial charge in [-0.25, -0.2) is 0 Å². The van der Waals surface area contributed by atoms with Crippen molar-refractivity contribution in [3.8, 4) is 0 Å². The Kier molecular flexibility index (Phi) is 4.57. The number of ketones is 1. The van der Waals surface area contributed by atoms with Crippen LogP contribution >= 0.6 is 0 Å². The van der Waals surface area contributed by atoms with Gasteiger partial charge in [-0.3, -0.25) is 10.2 Å². The molecule has 120 valence electrons. The molecular weight excluding hydrogens is 288 g/mol. The highest BCUT2D eigenvalue weighted by molar-refractivity contribution is 6.38. The average molecular weight is 310 g/mol. The Morgan fingerprint density at radius 3 is 2.48 bits per heavy atom. The number of Topliss-reactive ketones (excluding diaryl/α,β-unsaturated/α-hetero) is 1. The number of carbonyl (C=O) groups is 1. The Bertz CT molecular complexity index is 727. The van der Waals surface area contributed by atoms with Crippen molar-refractivity contribution in [2.45, 2.75) is 6.92 Å². The summed E-state index contributed by atoms with van der Waals surface area (Å²) < 4.78 is 0. The second kappa shape index (κ2) is 6.79. The molecule has 2 aromatic rings. The molecule has 1 saturated heterocycles. The van der Waals surface area contributed by atoms with Gasteiger partial charge in [-0.05, 0) is 18.5 Å². The van der Waals surface area contributed by atoms with Gasteiger partial charge in [0.15, 0.2) is 11.6 Å². The number of hydrogen-bond acceptors (Lipinski definition) is 4. The van der Waals surface area contributed by atoms with E-state index in [4.69, 9.17) is 0 Å². The van der Waals surface area contributed by atoms with Crippen LogP contribution in [-0.2, 0) is 4.79 Å². The van der Waals surface area contributed by atoms with Crippen molar-refractivity contribution in [2.75, 3.05) is 38.7 Å². The third kappa shape index (κ3) is 3.51. The van der Waals surface area contributed by atoms with E-state index in [1.165, 1.54) is 0 Å². The molecule has 0 spiro atoms. The molecule has 23 heavy (non-hydrogen) atoms. The van der Waals surface area contributed by atoms with Crippen molar-refractivity contribution >= 4 is 28.1 Å². The molecule has 0 amide bonds. The molecule has 2 aromatic carbocycles. The number of anilines is 1. The monoisotopic (exact) mass is 310 g/mol. The molecule has 1 aliphatic heterocycles. The second-order valence-corrected chi connectivity index (χ2v) is 5.92. The van der Waals surface area contributed by atoms with Gasteiger partial charge >= 0.3 is 0 Å². The number of rotatable bonds is 3. The number of fused-ring (bicyclic) bond motifs is 1. The summed E-state index contributed by atoms with van der Waals surface area (Å²) >= 11 is 0. The van der Waals surface area contributed by atoms with Crippen LogP contribution in [0.5, 0.6) is 0 Å². The lowest BCUT2D eigenvalue weighted by atomic mass is 10.1. The van der Waals surface area contributed by atoms with Gasteiger partial charge in [0.1, 0.15) is 0 Å². The van der Waals surface area contributed by atoms with Crippen LogP contribution in [0.2, 0.25) is 0 Å². The van der Waals surface area contributed by atoms with Crippen molar-refractivity contribution < 1.29 is 4.79 Å². The van der Waals surface area contributed by atoms with Crippen LogP contribution in [0.4, 0.5) is 5.69 Å². The topological polar surface area (TPSA) is 47.9 Å². The predicted molar refractivity (Wildman–Crippen MR) is 94.8 cm³/mol. The quantitative estimate of drug-likeness (QED) is 0.537. The van der Waals surface area contributed by atoms with Crippen LogP contribution in [-0.4, -0.2) is 54.6 Å². The van der Waals surface area contributed by atoms with E-state index in [1.54, 1.807) is 6.92 Å². The number of nitrogens with zero attached hydrogens (tertiary/aromatic N) is 3. The fourth-order valence-electron chi connectivity index (χ4n) is 2.83. The fourth-order valence-corrected chi connectivity index (χ4v) is 2.83. The largest absolute Gasteiger partial charge is 0.350 e. The third-order valence-electron chi connectivity index (χ3n) is 4.19. The molecule has 0 unspecified atom stereocenters. The fraction of sp³-hybridized carbons (Fsp3) is 0.333. The summed E-state index contributed by atoms with van der Waals surface area (Å²) in [5.74, 6) is 0.494. The molecule has 1 heterocycles. The predicted octanol–water partition coefficient (Wildman–Crippen LogP) is 2.40. The molecule has 0 saturated carbocycles. The highest BCUT2D eigenvalue weighted by atomic mass is 16.1. The van der Waals surface area contributed by atoms with Gasteiger partial charge in [0.2, 0.25) is 0 Å². The van der Waals surface area contributed by atoms with E-state index in [9.17, 15) is 4.79 Å². The van der Waals surface area contributed by atoms with E-state index in [2.05, 4.69) is 45.6 Å². The third-order valence-corrected chi connectivity index (χ3v) is 4.19. The maximum Gasteiger partial charge on any atom is 0.196 e. The van der Waals surface area contributed by atoms with Gasteiger partial charge in [0.25, 0.3) is 0 Å². The van der Waals surface area contributed by atoms with E-state index in [0.29, 0.717) is 5.84 Å².